The first kappa shape index (κ1) is 26.3. The van der Waals surface area contributed by atoms with Gasteiger partial charge >= 0.3 is 0 Å². The number of nitrogens with zero attached hydrogens (tertiary/aromatic N) is 1. The average molecular weight is 522 g/mol. The standard InChI is InChI=1S/C29H28FNO5S/c1-4-34-26-16-22(9-12-24(26)36-18-21-7-10-23(30)11-8-21)17-27-28(32)31(29(33)37-27)13-14-35-25-15-19(2)5-6-20(25)3/h5-12,15-17H,4,13-14,18H2,1-3H3/b27-17-. The van der Waals surface area contributed by atoms with E-state index >= 15 is 0 Å². The van der Waals surface area contributed by atoms with Crippen LogP contribution in [0.5, 0.6) is 17.2 Å². The Balaban J connectivity index is 1.42. The van der Waals surface area contributed by atoms with Gasteiger partial charge in [-0.25, -0.2) is 4.39 Å². The normalized spacial score (nSPS) is 14.4. The van der Waals surface area contributed by atoms with Crippen molar-refractivity contribution in [3.05, 3.63) is 93.6 Å². The Morgan fingerprint density at radius 2 is 1.68 bits per heavy atom. The fourth-order valence-electron chi connectivity index (χ4n) is 3.70. The van der Waals surface area contributed by atoms with Crippen molar-refractivity contribution in [1.29, 1.82) is 0 Å². The second-order valence-electron chi connectivity index (χ2n) is 8.51. The van der Waals surface area contributed by atoms with Gasteiger partial charge in [-0.3, -0.25) is 14.5 Å². The van der Waals surface area contributed by atoms with Gasteiger partial charge in [-0.1, -0.05) is 30.3 Å². The van der Waals surface area contributed by atoms with Gasteiger partial charge in [0.15, 0.2) is 11.5 Å². The van der Waals surface area contributed by atoms with Crippen molar-refractivity contribution >= 4 is 29.0 Å². The lowest BCUT2D eigenvalue weighted by Crippen LogP contribution is -2.32. The summed E-state index contributed by atoms with van der Waals surface area (Å²) in [5, 5.41) is -0.329. The van der Waals surface area contributed by atoms with Crippen LogP contribution in [0.25, 0.3) is 6.08 Å². The highest BCUT2D eigenvalue weighted by atomic mass is 32.2. The third kappa shape index (κ3) is 6.71. The zero-order chi connectivity index (χ0) is 26.4. The summed E-state index contributed by atoms with van der Waals surface area (Å²) in [6.45, 7) is 6.85. The molecule has 1 aliphatic rings. The first-order valence-electron chi connectivity index (χ1n) is 11.9. The molecule has 0 atom stereocenters. The minimum atomic E-state index is -0.353. The summed E-state index contributed by atoms with van der Waals surface area (Å²) in [4.78, 5) is 27.0. The van der Waals surface area contributed by atoms with Gasteiger partial charge in [0, 0.05) is 0 Å². The molecule has 3 aromatic carbocycles. The van der Waals surface area contributed by atoms with Crippen molar-refractivity contribution in [1.82, 2.24) is 4.90 Å². The van der Waals surface area contributed by atoms with E-state index in [1.807, 2.05) is 39.0 Å². The highest BCUT2D eigenvalue weighted by Crippen LogP contribution is 2.35. The molecule has 37 heavy (non-hydrogen) atoms. The van der Waals surface area contributed by atoms with Crippen LogP contribution >= 0.6 is 11.8 Å². The van der Waals surface area contributed by atoms with Gasteiger partial charge in [-0.05, 0) is 91.2 Å². The molecule has 0 N–H and O–H groups in total. The molecule has 0 spiro atoms. The summed E-state index contributed by atoms with van der Waals surface area (Å²) in [5.74, 6) is 1.13. The summed E-state index contributed by atoms with van der Waals surface area (Å²) in [7, 11) is 0. The Hall–Kier alpha value is -3.78. The largest absolute Gasteiger partial charge is 0.491 e. The topological polar surface area (TPSA) is 65.1 Å². The minimum Gasteiger partial charge on any atom is -0.491 e. The monoisotopic (exact) mass is 521 g/mol. The van der Waals surface area contributed by atoms with E-state index in [0.29, 0.717) is 28.6 Å². The molecule has 0 unspecified atom stereocenters. The summed E-state index contributed by atoms with van der Waals surface area (Å²) >= 11 is 0.901. The van der Waals surface area contributed by atoms with Crippen LogP contribution in [0.2, 0.25) is 0 Å². The quantitative estimate of drug-likeness (QED) is 0.283. The number of carbonyl (C=O) groups excluding carboxylic acids is 2. The van der Waals surface area contributed by atoms with Gasteiger partial charge in [0.05, 0.1) is 18.1 Å². The maximum Gasteiger partial charge on any atom is 0.293 e. The van der Waals surface area contributed by atoms with Gasteiger partial charge in [-0.2, -0.15) is 0 Å². The lowest BCUT2D eigenvalue weighted by Gasteiger charge is -2.15. The van der Waals surface area contributed by atoms with Crippen LogP contribution in [0.4, 0.5) is 9.18 Å². The van der Waals surface area contributed by atoms with Crippen LogP contribution in [0, 0.1) is 19.7 Å². The number of aryl methyl sites for hydroxylation is 2. The lowest BCUT2D eigenvalue weighted by atomic mass is 10.1. The third-order valence-corrected chi connectivity index (χ3v) is 6.57. The molecule has 0 aliphatic carbocycles. The second-order valence-corrected chi connectivity index (χ2v) is 9.50. The predicted molar refractivity (Wildman–Crippen MR) is 142 cm³/mol. The number of carbonyl (C=O) groups is 2. The number of ether oxygens (including phenoxy) is 3. The Kier molecular flexibility index (Phi) is 8.50. The summed E-state index contributed by atoms with van der Waals surface area (Å²) < 4.78 is 30.6. The van der Waals surface area contributed by atoms with Crippen molar-refractivity contribution in [2.75, 3.05) is 19.8 Å². The van der Waals surface area contributed by atoms with Crippen LogP contribution in [-0.4, -0.2) is 35.8 Å². The number of hydrogen-bond acceptors (Lipinski definition) is 6. The van der Waals surface area contributed by atoms with E-state index in [0.717, 1.165) is 34.2 Å². The molecule has 1 aliphatic heterocycles. The van der Waals surface area contributed by atoms with Crippen LogP contribution in [0.1, 0.15) is 29.2 Å². The van der Waals surface area contributed by atoms with Gasteiger partial charge < -0.3 is 14.2 Å². The van der Waals surface area contributed by atoms with Crippen molar-refractivity contribution in [2.24, 2.45) is 0 Å². The number of benzene rings is 3. The Bertz CT molecular complexity index is 1320. The Morgan fingerprint density at radius 3 is 2.43 bits per heavy atom. The van der Waals surface area contributed by atoms with Crippen LogP contribution in [0.15, 0.2) is 65.6 Å². The molecule has 1 fully saturated rings. The maximum absolute atomic E-state index is 13.1. The smallest absolute Gasteiger partial charge is 0.293 e. The van der Waals surface area contributed by atoms with Gasteiger partial charge in [0.1, 0.15) is 24.8 Å². The first-order valence-corrected chi connectivity index (χ1v) is 12.7. The van der Waals surface area contributed by atoms with E-state index < -0.39 is 0 Å². The highest BCUT2D eigenvalue weighted by Gasteiger charge is 2.34. The molecule has 6 nitrogen and oxygen atoms in total. The summed E-state index contributed by atoms with van der Waals surface area (Å²) in [6.07, 6.45) is 1.67. The Morgan fingerprint density at radius 1 is 0.892 bits per heavy atom. The molecule has 1 heterocycles. The molecule has 0 radical (unpaired) electrons. The zero-order valence-corrected chi connectivity index (χ0v) is 21.8. The zero-order valence-electron chi connectivity index (χ0n) is 21.0. The van der Waals surface area contributed by atoms with Crippen LogP contribution < -0.4 is 14.2 Å². The number of halogens is 1. The van der Waals surface area contributed by atoms with Crippen molar-refractivity contribution in [3.63, 3.8) is 0 Å². The first-order chi connectivity index (χ1) is 17.8. The maximum atomic E-state index is 13.1. The Labute approximate surface area is 220 Å². The average Bonchev–Trinajstić information content (AvgIpc) is 3.14. The van der Waals surface area contributed by atoms with Crippen molar-refractivity contribution in [3.8, 4) is 17.2 Å². The summed E-state index contributed by atoms with van der Waals surface area (Å²) in [5.41, 5.74) is 3.60. The molecular formula is C29H28FNO5S. The molecule has 0 bridgehead atoms. The molecule has 3 aromatic rings. The van der Waals surface area contributed by atoms with E-state index in [2.05, 4.69) is 0 Å². The highest BCUT2D eigenvalue weighted by molar-refractivity contribution is 8.18. The minimum absolute atomic E-state index is 0.162. The second kappa shape index (κ2) is 12.0. The number of hydrogen-bond donors (Lipinski definition) is 0. The number of amides is 2. The van der Waals surface area contributed by atoms with E-state index in [1.54, 1.807) is 36.4 Å². The fourth-order valence-corrected chi connectivity index (χ4v) is 4.56. The molecule has 192 valence electrons. The predicted octanol–water partition coefficient (Wildman–Crippen LogP) is 6.54. The van der Waals surface area contributed by atoms with Gasteiger partial charge in [0.2, 0.25) is 0 Å². The molecule has 8 heteroatoms. The lowest BCUT2D eigenvalue weighted by molar-refractivity contribution is -0.123. The SMILES string of the molecule is CCOc1cc(/C=C2\SC(=O)N(CCOc3cc(C)ccc3C)C2=O)ccc1OCc1ccc(F)cc1. The molecule has 4 rings (SSSR count). The molecule has 1 saturated heterocycles. The van der Waals surface area contributed by atoms with Crippen LogP contribution in [-0.2, 0) is 11.4 Å². The van der Waals surface area contributed by atoms with Crippen LogP contribution in [0.3, 0.4) is 0 Å². The van der Waals surface area contributed by atoms with Gasteiger partial charge in [0.25, 0.3) is 11.1 Å². The molecule has 0 aromatic heterocycles. The molecule has 2 amide bonds. The van der Waals surface area contributed by atoms with E-state index in [9.17, 15) is 14.0 Å². The van der Waals surface area contributed by atoms with E-state index in [1.165, 1.54) is 17.0 Å². The fraction of sp³-hybridized carbons (Fsp3) is 0.241. The van der Waals surface area contributed by atoms with Gasteiger partial charge in [-0.15, -0.1) is 0 Å². The summed E-state index contributed by atoms with van der Waals surface area (Å²) in [6, 6.07) is 17.3. The van der Waals surface area contributed by atoms with E-state index in [-0.39, 0.29) is 36.7 Å². The number of rotatable bonds is 10. The number of thioether (sulfide) groups is 1. The molecular weight excluding hydrogens is 493 g/mol. The third-order valence-electron chi connectivity index (χ3n) is 5.66. The van der Waals surface area contributed by atoms with E-state index in [4.69, 9.17) is 14.2 Å². The van der Waals surface area contributed by atoms with Crippen molar-refractivity contribution in [2.45, 2.75) is 27.4 Å². The number of imide groups is 1. The van der Waals surface area contributed by atoms with Crippen molar-refractivity contribution < 1.29 is 28.2 Å². The molecule has 0 saturated carbocycles.